The maximum Gasteiger partial charge on any atom is 0.248 e. The molecule has 2 aromatic rings. The van der Waals surface area contributed by atoms with Crippen LogP contribution < -0.4 is 0 Å². The number of hydrogen-bond acceptors (Lipinski definition) is 4. The van der Waals surface area contributed by atoms with Crippen molar-refractivity contribution >= 4 is 26.7 Å². The van der Waals surface area contributed by atoms with Crippen LogP contribution in [-0.4, -0.2) is 37.8 Å². The van der Waals surface area contributed by atoms with Gasteiger partial charge in [-0.05, 0) is 31.0 Å². The second-order valence-corrected chi connectivity index (χ2v) is 6.33. The van der Waals surface area contributed by atoms with Crippen LogP contribution in [0.4, 0.5) is 0 Å². The molecule has 1 heterocycles. The van der Waals surface area contributed by atoms with Crippen molar-refractivity contribution in [3.63, 3.8) is 0 Å². The molecule has 0 saturated heterocycles. The fourth-order valence-electron chi connectivity index (χ4n) is 2.12. The molecule has 0 aliphatic heterocycles. The topological polar surface area (TPSA) is 57.0 Å². The minimum Gasteiger partial charge on any atom is -0.427 e. The zero-order valence-corrected chi connectivity index (χ0v) is 12.8. The molecule has 0 atom stereocenters. The molecule has 2 rings (SSSR count). The van der Waals surface area contributed by atoms with Gasteiger partial charge in [-0.1, -0.05) is 23.8 Å². The van der Waals surface area contributed by atoms with E-state index in [4.69, 9.17) is 4.43 Å². The van der Waals surface area contributed by atoms with Crippen molar-refractivity contribution in [2.45, 2.75) is 32.2 Å². The van der Waals surface area contributed by atoms with Gasteiger partial charge in [0.15, 0.2) is 9.76 Å². The molecule has 0 amide bonds. The molecule has 0 fully saturated rings. The lowest BCUT2D eigenvalue weighted by atomic mass is 10.2. The third kappa shape index (κ3) is 3.27. The highest BCUT2D eigenvalue weighted by molar-refractivity contribution is 6.26. The third-order valence-electron chi connectivity index (χ3n) is 3.15. The van der Waals surface area contributed by atoms with E-state index in [2.05, 4.69) is 10.3 Å². The minimum atomic E-state index is -0.361. The first kappa shape index (κ1) is 13.9. The Morgan fingerprint density at radius 3 is 3.05 bits per heavy atom. The number of carbonyl (C=O) groups excluding carboxylic acids is 1. The van der Waals surface area contributed by atoms with Crippen LogP contribution in [0.2, 0.25) is 6.04 Å². The number of aryl methyl sites for hydroxylation is 1. The molecule has 19 heavy (non-hydrogen) atoms. The fraction of sp³-hybridized carbons (Fsp3) is 0.462. The van der Waals surface area contributed by atoms with Crippen molar-refractivity contribution in [3.8, 4) is 0 Å². The summed E-state index contributed by atoms with van der Waals surface area (Å²) in [5.74, 6) is 0.0240. The number of aromatic nitrogens is 3. The highest BCUT2D eigenvalue weighted by Crippen LogP contribution is 2.16. The Morgan fingerprint density at radius 1 is 1.42 bits per heavy atom. The molecule has 6 heteroatoms. The van der Waals surface area contributed by atoms with E-state index in [0.29, 0.717) is 6.42 Å². The summed E-state index contributed by atoms with van der Waals surface area (Å²) in [4.78, 5) is 12.1. The van der Waals surface area contributed by atoms with Crippen LogP contribution in [0.1, 0.15) is 29.6 Å². The van der Waals surface area contributed by atoms with Crippen molar-refractivity contribution in [1.29, 1.82) is 0 Å². The number of hydrogen-bond donors (Lipinski definition) is 0. The van der Waals surface area contributed by atoms with Gasteiger partial charge in [0.05, 0.1) is 0 Å². The Kier molecular flexibility index (Phi) is 4.81. The van der Waals surface area contributed by atoms with E-state index in [-0.39, 0.29) is 15.7 Å². The first-order valence-electron chi connectivity index (χ1n) is 6.57. The summed E-state index contributed by atoms with van der Waals surface area (Å²) in [6.07, 6.45) is 2.46. The Balaban J connectivity index is 2.01. The van der Waals surface area contributed by atoms with Crippen molar-refractivity contribution in [2.24, 2.45) is 0 Å². The monoisotopic (exact) mass is 277 g/mol. The number of unbranched alkanes of at least 4 members (excludes halogenated alkanes) is 1. The summed E-state index contributed by atoms with van der Waals surface area (Å²) in [6.45, 7) is 1.97. The van der Waals surface area contributed by atoms with E-state index in [0.717, 1.165) is 35.5 Å². The smallest absolute Gasteiger partial charge is 0.248 e. The zero-order chi connectivity index (χ0) is 13.7. The maximum atomic E-state index is 12.1. The molecule has 1 aromatic carbocycles. The summed E-state index contributed by atoms with van der Waals surface area (Å²) in [5, 5.41) is 8.01. The molecule has 5 nitrogen and oxygen atoms in total. The van der Waals surface area contributed by atoms with Gasteiger partial charge in [-0.25, -0.2) is 0 Å². The minimum absolute atomic E-state index is 0.0240. The standard InChI is InChI=1S/C13H19N3O2Si/c1-10-6-5-7-11-13(10)16(15-14-11)12(17)8-3-4-9-19-18-2/h5-7H,3-4,8-9,19H2,1-2H3. The number of nitrogens with zero attached hydrogens (tertiary/aromatic N) is 3. The summed E-state index contributed by atoms with van der Waals surface area (Å²) >= 11 is 0. The van der Waals surface area contributed by atoms with E-state index in [9.17, 15) is 4.79 Å². The van der Waals surface area contributed by atoms with E-state index < -0.39 is 0 Å². The van der Waals surface area contributed by atoms with Crippen molar-refractivity contribution in [1.82, 2.24) is 15.0 Å². The molecule has 0 saturated carbocycles. The largest absolute Gasteiger partial charge is 0.427 e. The predicted octanol–water partition coefficient (Wildman–Crippen LogP) is 1.70. The number of rotatable bonds is 6. The Bertz CT molecular complexity index is 568. The van der Waals surface area contributed by atoms with E-state index >= 15 is 0 Å². The quantitative estimate of drug-likeness (QED) is 0.595. The highest BCUT2D eigenvalue weighted by Gasteiger charge is 2.13. The average molecular weight is 277 g/mol. The van der Waals surface area contributed by atoms with E-state index in [1.54, 1.807) is 7.11 Å². The third-order valence-corrected chi connectivity index (χ3v) is 4.34. The SMILES string of the molecule is CO[SiH2]CCCCC(=O)n1nnc2cccc(C)c21. The maximum absolute atomic E-state index is 12.1. The lowest BCUT2D eigenvalue weighted by Crippen LogP contribution is -2.12. The number of carbonyl (C=O) groups is 1. The molecule has 0 bridgehead atoms. The van der Waals surface area contributed by atoms with Gasteiger partial charge in [-0.15, -0.1) is 5.10 Å². The van der Waals surface area contributed by atoms with Gasteiger partial charge in [0.2, 0.25) is 5.91 Å². The molecular formula is C13H19N3O2Si. The molecule has 1 aromatic heterocycles. The number of benzene rings is 1. The Labute approximate surface area is 114 Å². The van der Waals surface area contributed by atoms with Crippen LogP contribution in [0.5, 0.6) is 0 Å². The summed E-state index contributed by atoms with van der Waals surface area (Å²) in [5.41, 5.74) is 2.64. The lowest BCUT2D eigenvalue weighted by molar-refractivity contribution is 0.0887. The molecule has 0 N–H and O–H groups in total. The van der Waals surface area contributed by atoms with Crippen molar-refractivity contribution in [2.75, 3.05) is 7.11 Å². The van der Waals surface area contributed by atoms with Gasteiger partial charge in [-0.3, -0.25) is 4.79 Å². The van der Waals surface area contributed by atoms with Gasteiger partial charge < -0.3 is 4.43 Å². The summed E-state index contributed by atoms with van der Waals surface area (Å²) in [7, 11) is 1.39. The number of fused-ring (bicyclic) bond motifs is 1. The zero-order valence-electron chi connectivity index (χ0n) is 11.4. The number of para-hydroxylation sites is 1. The van der Waals surface area contributed by atoms with Gasteiger partial charge >= 0.3 is 0 Å². The molecule has 0 unspecified atom stereocenters. The van der Waals surface area contributed by atoms with Crippen LogP contribution in [0.3, 0.4) is 0 Å². The predicted molar refractivity (Wildman–Crippen MR) is 77.1 cm³/mol. The van der Waals surface area contributed by atoms with E-state index in [1.165, 1.54) is 4.68 Å². The second kappa shape index (κ2) is 6.58. The van der Waals surface area contributed by atoms with Gasteiger partial charge in [0.25, 0.3) is 0 Å². The molecule has 102 valence electrons. The highest BCUT2D eigenvalue weighted by atomic mass is 28.2. The lowest BCUT2D eigenvalue weighted by Gasteiger charge is -2.03. The van der Waals surface area contributed by atoms with Gasteiger partial charge in [-0.2, -0.15) is 4.68 Å². The molecule has 0 aliphatic carbocycles. The molecule has 0 spiro atoms. The van der Waals surface area contributed by atoms with Crippen molar-refractivity contribution < 1.29 is 9.22 Å². The molecule has 0 radical (unpaired) electrons. The first-order valence-corrected chi connectivity index (χ1v) is 8.15. The molecule has 0 aliphatic rings. The van der Waals surface area contributed by atoms with E-state index in [1.807, 2.05) is 25.1 Å². The fourth-order valence-corrected chi connectivity index (χ4v) is 2.96. The van der Waals surface area contributed by atoms with Crippen LogP contribution >= 0.6 is 0 Å². The summed E-state index contributed by atoms with van der Waals surface area (Å²) in [6, 6.07) is 6.90. The normalized spacial score (nSPS) is 11.7. The van der Waals surface area contributed by atoms with Gasteiger partial charge in [0.1, 0.15) is 11.0 Å². The van der Waals surface area contributed by atoms with Crippen LogP contribution in [0.15, 0.2) is 18.2 Å². The summed E-state index contributed by atoms with van der Waals surface area (Å²) < 4.78 is 6.56. The average Bonchev–Trinajstić information content (AvgIpc) is 2.84. The first-order chi connectivity index (χ1) is 9.24. The van der Waals surface area contributed by atoms with Crippen LogP contribution in [0.25, 0.3) is 11.0 Å². The van der Waals surface area contributed by atoms with Gasteiger partial charge in [0, 0.05) is 13.5 Å². The Hall–Kier alpha value is -1.53. The van der Waals surface area contributed by atoms with Crippen molar-refractivity contribution in [3.05, 3.63) is 23.8 Å². The van der Waals surface area contributed by atoms with Crippen LogP contribution in [-0.2, 0) is 4.43 Å². The second-order valence-electron chi connectivity index (χ2n) is 4.64. The molecular weight excluding hydrogens is 258 g/mol. The Morgan fingerprint density at radius 2 is 2.26 bits per heavy atom. The van der Waals surface area contributed by atoms with Crippen LogP contribution in [0, 0.1) is 6.92 Å².